The van der Waals surface area contributed by atoms with Gasteiger partial charge >= 0.3 is 5.97 Å². The van der Waals surface area contributed by atoms with Gasteiger partial charge in [-0.3, -0.25) is 4.79 Å². The summed E-state index contributed by atoms with van der Waals surface area (Å²) in [7, 11) is 1.66. The summed E-state index contributed by atoms with van der Waals surface area (Å²) in [5, 5.41) is 10.9. The van der Waals surface area contributed by atoms with E-state index in [-0.39, 0.29) is 12.4 Å². The molecular formula is C24H40O5S. The van der Waals surface area contributed by atoms with Crippen LogP contribution < -0.4 is 4.74 Å². The quantitative estimate of drug-likeness (QED) is 0.449. The van der Waals surface area contributed by atoms with Gasteiger partial charge in [0.2, 0.25) is 0 Å². The van der Waals surface area contributed by atoms with Crippen molar-refractivity contribution in [2.45, 2.75) is 89.6 Å². The van der Waals surface area contributed by atoms with Crippen LogP contribution in [-0.2, 0) is 20.9 Å². The first-order chi connectivity index (χ1) is 13.8. The summed E-state index contributed by atoms with van der Waals surface area (Å²) < 4.78 is 15.9. The van der Waals surface area contributed by atoms with Gasteiger partial charge in [0.15, 0.2) is 0 Å². The molecule has 0 spiro atoms. The van der Waals surface area contributed by atoms with Crippen LogP contribution in [0.1, 0.15) is 66.9 Å². The van der Waals surface area contributed by atoms with Crippen molar-refractivity contribution in [3.63, 3.8) is 0 Å². The third kappa shape index (κ3) is 10.7. The molecule has 1 aromatic carbocycles. The van der Waals surface area contributed by atoms with E-state index in [2.05, 4.69) is 13.8 Å². The van der Waals surface area contributed by atoms with E-state index in [1.807, 2.05) is 58.9 Å². The molecule has 0 aliphatic carbocycles. The molecule has 3 atom stereocenters. The molecule has 6 heteroatoms. The highest BCUT2D eigenvalue weighted by molar-refractivity contribution is 8.01. The highest BCUT2D eigenvalue weighted by Crippen LogP contribution is 2.36. The number of carbonyl (C=O) groups is 1. The Kier molecular flexibility index (Phi) is 10.7. The summed E-state index contributed by atoms with van der Waals surface area (Å²) in [6.45, 7) is 15.0. The van der Waals surface area contributed by atoms with Crippen molar-refractivity contribution in [1.82, 2.24) is 0 Å². The second-order valence-corrected chi connectivity index (χ2v) is 11.6. The van der Waals surface area contributed by atoms with Crippen LogP contribution in [-0.4, -0.2) is 46.5 Å². The smallest absolute Gasteiger partial charge is 0.308 e. The summed E-state index contributed by atoms with van der Waals surface area (Å²) in [6.07, 6.45) is 0.210. The standard InChI is InChI=1S/C24H40O5S/c1-17(15-28-16-19-9-11-20(27-8)12-10-19)13-18(2)30-24(6,7)21(25)14-22(26)29-23(3,4)5/h9-12,17-18,21,25H,13-16H2,1-8H3. The van der Waals surface area contributed by atoms with Crippen molar-refractivity contribution < 1.29 is 24.1 Å². The molecule has 0 aliphatic rings. The van der Waals surface area contributed by atoms with Gasteiger partial charge in [0, 0.05) is 16.6 Å². The largest absolute Gasteiger partial charge is 0.497 e. The number of thioether (sulfide) groups is 1. The molecule has 0 saturated heterocycles. The predicted octanol–water partition coefficient (Wildman–Crippen LogP) is 5.23. The van der Waals surface area contributed by atoms with Crippen molar-refractivity contribution in [2.75, 3.05) is 13.7 Å². The summed E-state index contributed by atoms with van der Waals surface area (Å²) in [6, 6.07) is 7.89. The van der Waals surface area contributed by atoms with Crippen LogP contribution in [0.15, 0.2) is 24.3 Å². The molecular weight excluding hydrogens is 400 g/mol. The Labute approximate surface area is 186 Å². The van der Waals surface area contributed by atoms with Crippen LogP contribution in [0.5, 0.6) is 5.75 Å². The fourth-order valence-electron chi connectivity index (χ4n) is 3.17. The van der Waals surface area contributed by atoms with Crippen LogP contribution in [0.3, 0.4) is 0 Å². The maximum Gasteiger partial charge on any atom is 0.308 e. The molecule has 5 nitrogen and oxygen atoms in total. The molecule has 0 saturated carbocycles. The highest BCUT2D eigenvalue weighted by Gasteiger charge is 2.33. The minimum Gasteiger partial charge on any atom is -0.497 e. The molecule has 0 amide bonds. The lowest BCUT2D eigenvalue weighted by atomic mass is 10.0. The summed E-state index contributed by atoms with van der Waals surface area (Å²) >= 11 is 1.70. The van der Waals surface area contributed by atoms with Crippen LogP contribution >= 0.6 is 11.8 Å². The van der Waals surface area contributed by atoms with E-state index >= 15 is 0 Å². The number of hydrogen-bond acceptors (Lipinski definition) is 6. The monoisotopic (exact) mass is 440 g/mol. The first-order valence-corrected chi connectivity index (χ1v) is 11.5. The first kappa shape index (κ1) is 26.8. The molecule has 0 bridgehead atoms. The summed E-state index contributed by atoms with van der Waals surface area (Å²) in [5.41, 5.74) is 0.583. The molecule has 0 radical (unpaired) electrons. The molecule has 0 heterocycles. The average molecular weight is 441 g/mol. The Hall–Kier alpha value is -1.24. The number of hydrogen-bond donors (Lipinski definition) is 1. The lowest BCUT2D eigenvalue weighted by Gasteiger charge is -2.33. The molecule has 1 rings (SSSR count). The predicted molar refractivity (Wildman–Crippen MR) is 124 cm³/mol. The van der Waals surface area contributed by atoms with E-state index in [4.69, 9.17) is 14.2 Å². The lowest BCUT2D eigenvalue weighted by Crippen LogP contribution is -2.38. The van der Waals surface area contributed by atoms with Gasteiger partial charge in [0.1, 0.15) is 11.4 Å². The van der Waals surface area contributed by atoms with E-state index in [9.17, 15) is 9.90 Å². The number of ether oxygens (including phenoxy) is 3. The molecule has 1 N–H and O–H groups in total. The van der Waals surface area contributed by atoms with Crippen LogP contribution in [0.4, 0.5) is 0 Å². The summed E-state index contributed by atoms with van der Waals surface area (Å²) in [4.78, 5) is 12.0. The van der Waals surface area contributed by atoms with Gasteiger partial charge < -0.3 is 19.3 Å². The van der Waals surface area contributed by atoms with Gasteiger partial charge in [-0.15, -0.1) is 11.8 Å². The Balaban J connectivity index is 2.39. The van der Waals surface area contributed by atoms with Crippen molar-refractivity contribution in [3.05, 3.63) is 29.8 Å². The molecule has 3 unspecified atom stereocenters. The number of aliphatic hydroxyl groups excluding tert-OH is 1. The van der Waals surface area contributed by atoms with E-state index in [1.54, 1.807) is 18.9 Å². The first-order valence-electron chi connectivity index (χ1n) is 10.6. The van der Waals surface area contributed by atoms with Gasteiger partial charge in [0.25, 0.3) is 0 Å². The van der Waals surface area contributed by atoms with Gasteiger partial charge in [-0.05, 0) is 64.7 Å². The second-order valence-electron chi connectivity index (χ2n) is 9.54. The molecule has 0 aromatic heterocycles. The van der Waals surface area contributed by atoms with E-state index in [0.717, 1.165) is 17.7 Å². The van der Waals surface area contributed by atoms with Crippen LogP contribution in [0.25, 0.3) is 0 Å². The topological polar surface area (TPSA) is 65.0 Å². The summed E-state index contributed by atoms with van der Waals surface area (Å²) in [5.74, 6) is 0.871. The fourth-order valence-corrected chi connectivity index (χ4v) is 4.87. The fraction of sp³-hybridized carbons (Fsp3) is 0.708. The number of rotatable bonds is 12. The molecule has 0 fully saturated rings. The maximum absolute atomic E-state index is 12.0. The van der Waals surface area contributed by atoms with Crippen molar-refractivity contribution >= 4 is 17.7 Å². The second kappa shape index (κ2) is 12.0. The maximum atomic E-state index is 12.0. The molecule has 30 heavy (non-hydrogen) atoms. The highest BCUT2D eigenvalue weighted by atomic mass is 32.2. The number of methoxy groups -OCH3 is 1. The Morgan fingerprint density at radius 3 is 2.23 bits per heavy atom. The van der Waals surface area contributed by atoms with E-state index < -0.39 is 16.5 Å². The van der Waals surface area contributed by atoms with Crippen LogP contribution in [0, 0.1) is 5.92 Å². The third-order valence-corrected chi connectivity index (χ3v) is 6.13. The van der Waals surface area contributed by atoms with E-state index in [0.29, 0.717) is 24.4 Å². The Morgan fingerprint density at radius 2 is 1.70 bits per heavy atom. The van der Waals surface area contributed by atoms with Gasteiger partial charge in [0.05, 0.1) is 26.2 Å². The minimum atomic E-state index is -0.763. The minimum absolute atomic E-state index is 0.00448. The number of aliphatic hydroxyl groups is 1. The van der Waals surface area contributed by atoms with Gasteiger partial charge in [-0.25, -0.2) is 0 Å². The Morgan fingerprint density at radius 1 is 1.10 bits per heavy atom. The van der Waals surface area contributed by atoms with Crippen molar-refractivity contribution in [1.29, 1.82) is 0 Å². The van der Waals surface area contributed by atoms with Crippen molar-refractivity contribution in [3.8, 4) is 5.75 Å². The molecule has 172 valence electrons. The number of esters is 1. The molecule has 1 aromatic rings. The molecule has 0 aliphatic heterocycles. The number of benzene rings is 1. The van der Waals surface area contributed by atoms with Gasteiger partial charge in [-0.1, -0.05) is 26.0 Å². The van der Waals surface area contributed by atoms with Crippen LogP contribution in [0.2, 0.25) is 0 Å². The zero-order valence-electron chi connectivity index (χ0n) is 19.9. The average Bonchev–Trinajstić information content (AvgIpc) is 2.59. The zero-order valence-corrected chi connectivity index (χ0v) is 20.7. The SMILES string of the molecule is COc1ccc(COCC(C)CC(C)SC(C)(C)C(O)CC(=O)OC(C)(C)C)cc1. The Bertz CT molecular complexity index is 636. The van der Waals surface area contributed by atoms with Gasteiger partial charge in [-0.2, -0.15) is 0 Å². The third-order valence-electron chi connectivity index (χ3n) is 4.65. The zero-order chi connectivity index (χ0) is 22.9. The lowest BCUT2D eigenvalue weighted by molar-refractivity contribution is -0.157. The number of carbonyl (C=O) groups excluding carboxylic acids is 1. The van der Waals surface area contributed by atoms with Crippen molar-refractivity contribution in [2.24, 2.45) is 5.92 Å². The normalized spacial score (nSPS) is 15.4. The van der Waals surface area contributed by atoms with E-state index in [1.165, 1.54) is 0 Å².